The summed E-state index contributed by atoms with van der Waals surface area (Å²) >= 11 is 4.37. The SMILES string of the molecule is O=C1CC(S)CN1CC1CCN(CCO)CC1. The highest BCUT2D eigenvalue weighted by atomic mass is 32.1. The number of hydrogen-bond acceptors (Lipinski definition) is 4. The zero-order valence-electron chi connectivity index (χ0n) is 10.2. The number of carbonyl (C=O) groups excluding carboxylic acids is 1. The molecular formula is C12H22N2O2S. The third-order valence-corrected chi connectivity index (χ3v) is 4.14. The minimum Gasteiger partial charge on any atom is -0.395 e. The van der Waals surface area contributed by atoms with Crippen molar-refractivity contribution in [1.29, 1.82) is 0 Å². The minimum absolute atomic E-state index is 0.233. The van der Waals surface area contributed by atoms with Crippen molar-refractivity contribution in [3.63, 3.8) is 0 Å². The smallest absolute Gasteiger partial charge is 0.223 e. The Morgan fingerprint density at radius 3 is 2.59 bits per heavy atom. The van der Waals surface area contributed by atoms with Crippen molar-refractivity contribution in [2.75, 3.05) is 39.3 Å². The van der Waals surface area contributed by atoms with Crippen LogP contribution in [0.4, 0.5) is 0 Å². The molecule has 2 aliphatic heterocycles. The van der Waals surface area contributed by atoms with Gasteiger partial charge in [-0.3, -0.25) is 4.79 Å². The number of piperidine rings is 1. The van der Waals surface area contributed by atoms with Crippen LogP contribution < -0.4 is 0 Å². The van der Waals surface area contributed by atoms with Gasteiger partial charge in [-0.05, 0) is 31.8 Å². The molecule has 5 heteroatoms. The number of thiol groups is 1. The van der Waals surface area contributed by atoms with Gasteiger partial charge >= 0.3 is 0 Å². The van der Waals surface area contributed by atoms with E-state index in [9.17, 15) is 4.79 Å². The molecule has 1 amide bonds. The number of β-amino-alcohol motifs (C(OH)–C–C–N with tert-alkyl or cyclic N) is 1. The topological polar surface area (TPSA) is 43.8 Å². The van der Waals surface area contributed by atoms with Crippen LogP contribution in [0.25, 0.3) is 0 Å². The van der Waals surface area contributed by atoms with Crippen molar-refractivity contribution >= 4 is 18.5 Å². The van der Waals surface area contributed by atoms with Gasteiger partial charge in [0.15, 0.2) is 0 Å². The minimum atomic E-state index is 0.233. The Kier molecular flexibility index (Phi) is 4.70. The zero-order chi connectivity index (χ0) is 12.3. The van der Waals surface area contributed by atoms with Crippen molar-refractivity contribution in [3.05, 3.63) is 0 Å². The molecule has 2 heterocycles. The molecule has 2 aliphatic rings. The summed E-state index contributed by atoms with van der Waals surface area (Å²) in [5.74, 6) is 0.898. The molecule has 4 nitrogen and oxygen atoms in total. The van der Waals surface area contributed by atoms with Crippen molar-refractivity contribution in [1.82, 2.24) is 9.80 Å². The van der Waals surface area contributed by atoms with Crippen LogP contribution in [-0.4, -0.2) is 65.4 Å². The van der Waals surface area contributed by atoms with Crippen molar-refractivity contribution in [3.8, 4) is 0 Å². The highest BCUT2D eigenvalue weighted by Gasteiger charge is 2.30. The van der Waals surface area contributed by atoms with Crippen LogP contribution >= 0.6 is 12.6 Å². The van der Waals surface area contributed by atoms with Crippen molar-refractivity contribution < 1.29 is 9.90 Å². The quantitative estimate of drug-likeness (QED) is 0.709. The molecule has 0 aromatic heterocycles. The van der Waals surface area contributed by atoms with Gasteiger partial charge in [-0.1, -0.05) is 0 Å². The number of aliphatic hydroxyl groups excluding tert-OH is 1. The summed E-state index contributed by atoms with van der Waals surface area (Å²) in [5, 5.41) is 9.11. The molecule has 2 saturated heterocycles. The average Bonchev–Trinajstić information content (AvgIpc) is 2.61. The van der Waals surface area contributed by atoms with E-state index >= 15 is 0 Å². The number of likely N-dealkylation sites (tertiary alicyclic amines) is 2. The molecule has 0 radical (unpaired) electrons. The van der Waals surface area contributed by atoms with E-state index in [-0.39, 0.29) is 17.8 Å². The molecule has 98 valence electrons. The van der Waals surface area contributed by atoms with Crippen LogP contribution in [0.1, 0.15) is 19.3 Å². The first-order chi connectivity index (χ1) is 8.19. The van der Waals surface area contributed by atoms with Gasteiger partial charge in [0.05, 0.1) is 6.61 Å². The Balaban J connectivity index is 1.73. The van der Waals surface area contributed by atoms with Crippen LogP contribution in [0.15, 0.2) is 0 Å². The maximum absolute atomic E-state index is 11.7. The lowest BCUT2D eigenvalue weighted by molar-refractivity contribution is -0.128. The Bertz CT molecular complexity index is 267. The summed E-state index contributed by atoms with van der Waals surface area (Å²) in [6.45, 7) is 4.86. The third-order valence-electron chi connectivity index (χ3n) is 3.80. The Morgan fingerprint density at radius 1 is 1.35 bits per heavy atom. The van der Waals surface area contributed by atoms with E-state index in [2.05, 4.69) is 17.5 Å². The Morgan fingerprint density at radius 2 is 2.06 bits per heavy atom. The van der Waals surface area contributed by atoms with Gasteiger partial charge in [-0.15, -0.1) is 0 Å². The van der Waals surface area contributed by atoms with Gasteiger partial charge < -0.3 is 14.9 Å². The predicted octanol–water partition coefficient (Wildman–Crippen LogP) is 0.221. The first-order valence-corrected chi connectivity index (χ1v) is 6.99. The number of carbonyl (C=O) groups is 1. The van der Waals surface area contributed by atoms with Gasteiger partial charge in [0.1, 0.15) is 0 Å². The fourth-order valence-corrected chi connectivity index (χ4v) is 3.13. The fraction of sp³-hybridized carbons (Fsp3) is 0.917. The van der Waals surface area contributed by atoms with Crippen LogP contribution in [0.2, 0.25) is 0 Å². The number of amides is 1. The first-order valence-electron chi connectivity index (χ1n) is 6.48. The maximum atomic E-state index is 11.7. The number of nitrogens with zero attached hydrogens (tertiary/aromatic N) is 2. The van der Waals surface area contributed by atoms with Crippen molar-refractivity contribution in [2.24, 2.45) is 5.92 Å². The average molecular weight is 258 g/mol. The molecule has 0 aliphatic carbocycles. The summed E-state index contributed by atoms with van der Waals surface area (Å²) in [4.78, 5) is 15.9. The predicted molar refractivity (Wildman–Crippen MR) is 70.2 cm³/mol. The van der Waals surface area contributed by atoms with E-state index in [1.165, 1.54) is 0 Å². The standard InChI is InChI=1S/C12H22N2O2S/c15-6-5-13-3-1-10(2-4-13)8-14-9-11(17)7-12(14)16/h10-11,15,17H,1-9H2. The van der Waals surface area contributed by atoms with E-state index in [1.54, 1.807) is 0 Å². The van der Waals surface area contributed by atoms with Gasteiger partial charge in [0, 0.05) is 31.3 Å². The number of rotatable bonds is 4. The highest BCUT2D eigenvalue weighted by molar-refractivity contribution is 7.81. The van der Waals surface area contributed by atoms with Crippen LogP contribution in [0.5, 0.6) is 0 Å². The molecule has 1 atom stereocenters. The molecule has 1 unspecified atom stereocenters. The van der Waals surface area contributed by atoms with Gasteiger partial charge in [-0.25, -0.2) is 0 Å². The molecular weight excluding hydrogens is 236 g/mol. The second-order valence-corrected chi connectivity index (χ2v) is 5.90. The third kappa shape index (κ3) is 3.60. The van der Waals surface area contributed by atoms with E-state index in [0.29, 0.717) is 12.3 Å². The second kappa shape index (κ2) is 6.07. The molecule has 2 fully saturated rings. The lowest BCUT2D eigenvalue weighted by Gasteiger charge is -2.33. The zero-order valence-corrected chi connectivity index (χ0v) is 11.1. The summed E-state index contributed by atoms with van der Waals surface area (Å²) in [6, 6.07) is 0. The summed E-state index contributed by atoms with van der Waals surface area (Å²) < 4.78 is 0. The fourth-order valence-electron chi connectivity index (χ4n) is 2.77. The Hall–Kier alpha value is -0.260. The van der Waals surface area contributed by atoms with E-state index < -0.39 is 0 Å². The summed E-state index contributed by atoms with van der Waals surface area (Å²) in [7, 11) is 0. The lowest BCUT2D eigenvalue weighted by atomic mass is 9.96. The molecule has 0 aromatic carbocycles. The van der Waals surface area contributed by atoms with E-state index in [4.69, 9.17) is 5.11 Å². The first kappa shape index (κ1) is 13.2. The van der Waals surface area contributed by atoms with Crippen molar-refractivity contribution in [2.45, 2.75) is 24.5 Å². The van der Waals surface area contributed by atoms with Crippen LogP contribution in [0, 0.1) is 5.92 Å². The molecule has 0 bridgehead atoms. The van der Waals surface area contributed by atoms with E-state index in [1.807, 2.05) is 4.90 Å². The maximum Gasteiger partial charge on any atom is 0.223 e. The molecule has 1 N–H and O–H groups in total. The van der Waals surface area contributed by atoms with E-state index in [0.717, 1.165) is 45.6 Å². The molecule has 17 heavy (non-hydrogen) atoms. The van der Waals surface area contributed by atoms with Crippen LogP contribution in [-0.2, 0) is 4.79 Å². The number of aliphatic hydroxyl groups is 1. The monoisotopic (exact) mass is 258 g/mol. The normalized spacial score (nSPS) is 28.0. The summed E-state index contributed by atoms with van der Waals surface area (Å²) in [6.07, 6.45) is 2.88. The number of hydrogen-bond donors (Lipinski definition) is 2. The highest BCUT2D eigenvalue weighted by Crippen LogP contribution is 2.22. The molecule has 0 aromatic rings. The summed E-state index contributed by atoms with van der Waals surface area (Å²) in [5.41, 5.74) is 0. The van der Waals surface area contributed by atoms with Gasteiger partial charge in [0.25, 0.3) is 0 Å². The second-order valence-electron chi connectivity index (χ2n) is 5.17. The molecule has 0 spiro atoms. The lowest BCUT2D eigenvalue weighted by Crippen LogP contribution is -2.40. The molecule has 0 saturated carbocycles. The molecule has 2 rings (SSSR count). The van der Waals surface area contributed by atoms with Gasteiger partial charge in [-0.2, -0.15) is 12.6 Å². The Labute approximate surface area is 108 Å². The van der Waals surface area contributed by atoms with Crippen LogP contribution in [0.3, 0.4) is 0 Å². The largest absolute Gasteiger partial charge is 0.395 e. The van der Waals surface area contributed by atoms with Gasteiger partial charge in [0.2, 0.25) is 5.91 Å².